The number of hydrogen-bond donors (Lipinski definition) is 1. The zero-order valence-corrected chi connectivity index (χ0v) is 11.3. The van der Waals surface area contributed by atoms with Gasteiger partial charge >= 0.3 is 11.8 Å². The van der Waals surface area contributed by atoms with Crippen molar-refractivity contribution in [3.8, 4) is 0 Å². The third kappa shape index (κ3) is 6.93. The van der Waals surface area contributed by atoms with Crippen LogP contribution >= 0.6 is 0 Å². The molecule has 0 heterocycles. The molecule has 0 aromatic heterocycles. The first kappa shape index (κ1) is 15.9. The minimum Gasteiger partial charge on any atom is -0.341 e. The normalized spacial score (nSPS) is 11.0. The maximum atomic E-state index is 11.4. The van der Waals surface area contributed by atoms with E-state index in [0.29, 0.717) is 6.42 Å². The van der Waals surface area contributed by atoms with Crippen LogP contribution in [0.1, 0.15) is 32.6 Å². The molecule has 6 nitrogen and oxygen atoms in total. The molecule has 17 heavy (non-hydrogen) atoms. The van der Waals surface area contributed by atoms with Crippen LogP contribution < -0.4 is 4.72 Å². The molecule has 0 atom stereocenters. The average Bonchev–Trinajstić information content (AvgIpc) is 2.22. The maximum Gasteiger partial charge on any atom is 0.322 e. The summed E-state index contributed by atoms with van der Waals surface area (Å²) in [6, 6.07) is 0. The van der Waals surface area contributed by atoms with E-state index in [1.54, 1.807) is 4.72 Å². The van der Waals surface area contributed by atoms with Gasteiger partial charge in [-0.2, -0.15) is 0 Å². The van der Waals surface area contributed by atoms with Crippen molar-refractivity contribution in [2.24, 2.45) is 0 Å². The molecule has 0 rings (SSSR count). The van der Waals surface area contributed by atoms with Crippen molar-refractivity contribution in [3.05, 3.63) is 0 Å². The van der Waals surface area contributed by atoms with Crippen LogP contribution in [0.5, 0.6) is 0 Å². The van der Waals surface area contributed by atoms with Gasteiger partial charge in [0.15, 0.2) is 0 Å². The standard InChI is InChI=1S/C10H20N2O4S/c1-4-5-6-7-8-17(15,16)11-9(13)10(14)12(2)3/h4-8H2,1-3H3,(H,11,13). The molecule has 0 aliphatic carbocycles. The van der Waals surface area contributed by atoms with Crippen molar-refractivity contribution in [2.45, 2.75) is 32.6 Å². The van der Waals surface area contributed by atoms with Crippen molar-refractivity contribution in [3.63, 3.8) is 0 Å². The molecular weight excluding hydrogens is 244 g/mol. The number of nitrogens with zero attached hydrogens (tertiary/aromatic N) is 1. The third-order valence-corrected chi connectivity index (χ3v) is 3.44. The number of unbranched alkanes of at least 4 members (excludes halogenated alkanes) is 3. The molecular formula is C10H20N2O4S. The third-order valence-electron chi connectivity index (χ3n) is 2.12. The van der Waals surface area contributed by atoms with Gasteiger partial charge in [0, 0.05) is 14.1 Å². The number of sulfonamides is 1. The number of likely N-dealkylation sites (N-methyl/N-ethyl adjacent to an activating group) is 1. The lowest BCUT2D eigenvalue weighted by Gasteiger charge is -2.10. The number of hydrogen-bond acceptors (Lipinski definition) is 4. The summed E-state index contributed by atoms with van der Waals surface area (Å²) < 4.78 is 24.6. The van der Waals surface area contributed by atoms with Crippen LogP contribution in [0.25, 0.3) is 0 Å². The molecule has 0 radical (unpaired) electrons. The molecule has 0 fully saturated rings. The van der Waals surface area contributed by atoms with Gasteiger partial charge in [-0.05, 0) is 6.42 Å². The number of carbonyl (C=O) groups excluding carboxylic acids is 2. The molecule has 0 aromatic rings. The summed E-state index contributed by atoms with van der Waals surface area (Å²) in [6.45, 7) is 2.02. The molecule has 2 amide bonds. The molecule has 1 N–H and O–H groups in total. The Labute approximate surface area is 102 Å². The summed E-state index contributed by atoms with van der Waals surface area (Å²) >= 11 is 0. The van der Waals surface area contributed by atoms with E-state index in [1.165, 1.54) is 14.1 Å². The Morgan fingerprint density at radius 1 is 1.12 bits per heavy atom. The predicted molar refractivity (Wildman–Crippen MR) is 64.8 cm³/mol. The van der Waals surface area contributed by atoms with Gasteiger partial charge in [-0.25, -0.2) is 13.1 Å². The van der Waals surface area contributed by atoms with Crippen LogP contribution in [0.3, 0.4) is 0 Å². The van der Waals surface area contributed by atoms with Gasteiger partial charge in [-0.1, -0.05) is 26.2 Å². The minimum absolute atomic E-state index is 0.126. The second-order valence-electron chi connectivity index (χ2n) is 4.01. The Hall–Kier alpha value is -1.11. The molecule has 7 heteroatoms. The van der Waals surface area contributed by atoms with Crippen LogP contribution in [-0.2, 0) is 19.6 Å². The van der Waals surface area contributed by atoms with E-state index in [4.69, 9.17) is 0 Å². The fraction of sp³-hybridized carbons (Fsp3) is 0.800. The van der Waals surface area contributed by atoms with Gasteiger partial charge in [0.25, 0.3) is 0 Å². The smallest absolute Gasteiger partial charge is 0.322 e. The highest BCUT2D eigenvalue weighted by Gasteiger charge is 2.21. The number of carbonyl (C=O) groups is 2. The summed E-state index contributed by atoms with van der Waals surface area (Å²) in [7, 11) is -0.917. The molecule has 0 saturated heterocycles. The Balaban J connectivity index is 4.17. The van der Waals surface area contributed by atoms with Crippen LogP contribution in [0.4, 0.5) is 0 Å². The molecule has 0 bridgehead atoms. The molecule has 0 saturated carbocycles. The minimum atomic E-state index is -3.69. The number of amides is 2. The number of rotatable bonds is 6. The Kier molecular flexibility index (Phi) is 6.79. The topological polar surface area (TPSA) is 83.5 Å². The second kappa shape index (κ2) is 7.26. The lowest BCUT2D eigenvalue weighted by atomic mass is 10.2. The number of nitrogens with one attached hydrogen (secondary N) is 1. The van der Waals surface area contributed by atoms with Crippen molar-refractivity contribution in [1.29, 1.82) is 0 Å². The fourth-order valence-electron chi connectivity index (χ4n) is 1.16. The Bertz CT molecular complexity index is 363. The first-order valence-corrected chi connectivity index (χ1v) is 7.21. The highest BCUT2D eigenvalue weighted by Crippen LogP contribution is 2.01. The second-order valence-corrected chi connectivity index (χ2v) is 5.85. The van der Waals surface area contributed by atoms with Crippen LogP contribution in [0.2, 0.25) is 0 Å². The molecule has 0 unspecified atom stereocenters. The molecule has 0 aliphatic rings. The van der Waals surface area contributed by atoms with E-state index in [2.05, 4.69) is 0 Å². The Morgan fingerprint density at radius 3 is 2.18 bits per heavy atom. The summed E-state index contributed by atoms with van der Waals surface area (Å²) in [5.41, 5.74) is 0. The van der Waals surface area contributed by atoms with E-state index in [9.17, 15) is 18.0 Å². The average molecular weight is 264 g/mol. The fourth-order valence-corrected chi connectivity index (χ4v) is 2.21. The quantitative estimate of drug-likeness (QED) is 0.545. The summed E-state index contributed by atoms with van der Waals surface area (Å²) in [5.74, 6) is -2.10. The van der Waals surface area contributed by atoms with Gasteiger partial charge in [-0.15, -0.1) is 0 Å². The monoisotopic (exact) mass is 264 g/mol. The SMILES string of the molecule is CCCCCCS(=O)(=O)NC(=O)C(=O)N(C)C. The van der Waals surface area contributed by atoms with Gasteiger partial charge in [-0.3, -0.25) is 9.59 Å². The van der Waals surface area contributed by atoms with E-state index >= 15 is 0 Å². The summed E-state index contributed by atoms with van der Waals surface area (Å²) in [4.78, 5) is 23.4. The first-order valence-electron chi connectivity index (χ1n) is 5.56. The van der Waals surface area contributed by atoms with Crippen LogP contribution in [0.15, 0.2) is 0 Å². The van der Waals surface area contributed by atoms with E-state index in [0.717, 1.165) is 24.2 Å². The van der Waals surface area contributed by atoms with E-state index in [-0.39, 0.29) is 5.75 Å². The van der Waals surface area contributed by atoms with Crippen LogP contribution in [-0.4, -0.2) is 45.0 Å². The van der Waals surface area contributed by atoms with Crippen molar-refractivity contribution < 1.29 is 18.0 Å². The van der Waals surface area contributed by atoms with E-state index in [1.807, 2.05) is 6.92 Å². The first-order chi connectivity index (χ1) is 7.80. The zero-order chi connectivity index (χ0) is 13.5. The highest BCUT2D eigenvalue weighted by molar-refractivity contribution is 7.90. The van der Waals surface area contributed by atoms with Gasteiger partial charge in [0.2, 0.25) is 10.0 Å². The van der Waals surface area contributed by atoms with Gasteiger partial charge in [0.1, 0.15) is 0 Å². The summed E-state index contributed by atoms with van der Waals surface area (Å²) in [6.07, 6.45) is 3.26. The van der Waals surface area contributed by atoms with Crippen LogP contribution in [0, 0.1) is 0 Å². The zero-order valence-electron chi connectivity index (χ0n) is 10.5. The maximum absolute atomic E-state index is 11.4. The van der Waals surface area contributed by atoms with Gasteiger partial charge in [0.05, 0.1) is 5.75 Å². The highest BCUT2D eigenvalue weighted by atomic mass is 32.2. The lowest BCUT2D eigenvalue weighted by molar-refractivity contribution is -0.143. The molecule has 100 valence electrons. The molecule has 0 spiro atoms. The lowest BCUT2D eigenvalue weighted by Crippen LogP contribution is -2.42. The molecule has 0 aromatic carbocycles. The molecule has 0 aliphatic heterocycles. The predicted octanol–water partition coefficient (Wildman–Crippen LogP) is 0.101. The van der Waals surface area contributed by atoms with E-state index < -0.39 is 21.8 Å². The van der Waals surface area contributed by atoms with Crippen molar-refractivity contribution in [2.75, 3.05) is 19.8 Å². The van der Waals surface area contributed by atoms with Crippen molar-refractivity contribution >= 4 is 21.8 Å². The summed E-state index contributed by atoms with van der Waals surface area (Å²) in [5, 5.41) is 0. The van der Waals surface area contributed by atoms with Crippen molar-refractivity contribution in [1.82, 2.24) is 9.62 Å². The largest absolute Gasteiger partial charge is 0.341 e. The Morgan fingerprint density at radius 2 is 1.71 bits per heavy atom. The van der Waals surface area contributed by atoms with Gasteiger partial charge < -0.3 is 4.90 Å².